The summed E-state index contributed by atoms with van der Waals surface area (Å²) in [5.74, 6) is 0.920. The molecule has 2 aromatic rings. The molecule has 1 aliphatic rings. The number of thioether (sulfide) groups is 1. The monoisotopic (exact) mass is 513 g/mol. The first-order valence-electron chi connectivity index (χ1n) is 8.88. The van der Waals surface area contributed by atoms with Crippen molar-refractivity contribution in [3.05, 3.63) is 50.8 Å². The molecule has 3 amide bonds. The smallest absolute Gasteiger partial charge is 0.338 e. The van der Waals surface area contributed by atoms with Gasteiger partial charge in [0.1, 0.15) is 5.75 Å². The van der Waals surface area contributed by atoms with E-state index in [1.54, 1.807) is 30.3 Å². The summed E-state index contributed by atoms with van der Waals surface area (Å²) < 4.78 is 16.1. The summed E-state index contributed by atoms with van der Waals surface area (Å²) >= 11 is 18.1. The summed E-state index contributed by atoms with van der Waals surface area (Å²) in [6.07, 6.45) is 1.60. The van der Waals surface area contributed by atoms with Crippen molar-refractivity contribution in [1.82, 2.24) is 10.4 Å². The molecule has 32 heavy (non-hydrogen) atoms. The zero-order valence-corrected chi connectivity index (χ0v) is 20.2. The van der Waals surface area contributed by atoms with E-state index in [1.807, 2.05) is 0 Å². The number of nitrogens with one attached hydrogen (secondary N) is 2. The van der Waals surface area contributed by atoms with Crippen LogP contribution in [-0.2, 0) is 4.79 Å². The third kappa shape index (κ3) is 5.21. The number of carbonyl (C=O) groups excluding carboxylic acids is 2. The third-order valence-electron chi connectivity index (χ3n) is 4.21. The summed E-state index contributed by atoms with van der Waals surface area (Å²) in [6.45, 7) is 0. The Kier molecular flexibility index (Phi) is 7.73. The standard InChI is InChI=1S/C20H17Cl2N3O5S2/c1-28-14-9-16(30-3)15(29-2)6-10(14)7-17-18(26)25(20(31)32-17)24-19(27)23-11-4-5-12(21)13(22)8-11/h4-9H,1-3H3,(H2,23,24,27)/b17-7+. The lowest BCUT2D eigenvalue weighted by atomic mass is 10.1. The van der Waals surface area contributed by atoms with Crippen molar-refractivity contribution in [3.8, 4) is 17.2 Å². The highest BCUT2D eigenvalue weighted by Crippen LogP contribution is 2.38. The van der Waals surface area contributed by atoms with E-state index in [2.05, 4.69) is 10.7 Å². The van der Waals surface area contributed by atoms with Crippen LogP contribution < -0.4 is 25.0 Å². The highest BCUT2D eigenvalue weighted by atomic mass is 35.5. The van der Waals surface area contributed by atoms with E-state index in [0.717, 1.165) is 16.8 Å². The second-order valence-corrected chi connectivity index (χ2v) is 8.65. The molecule has 0 aromatic heterocycles. The Morgan fingerprint density at radius 2 is 1.69 bits per heavy atom. The van der Waals surface area contributed by atoms with Crippen LogP contribution in [-0.4, -0.2) is 42.6 Å². The van der Waals surface area contributed by atoms with Crippen molar-refractivity contribution in [1.29, 1.82) is 0 Å². The molecule has 2 N–H and O–H groups in total. The number of anilines is 1. The predicted octanol–water partition coefficient (Wildman–Crippen LogP) is 4.96. The van der Waals surface area contributed by atoms with Crippen molar-refractivity contribution in [2.24, 2.45) is 0 Å². The molecular weight excluding hydrogens is 497 g/mol. The first kappa shape index (κ1) is 24.0. The maximum absolute atomic E-state index is 12.9. The van der Waals surface area contributed by atoms with Gasteiger partial charge in [0.2, 0.25) is 0 Å². The number of nitrogens with zero attached hydrogens (tertiary/aromatic N) is 1. The van der Waals surface area contributed by atoms with Gasteiger partial charge in [-0.15, -0.1) is 0 Å². The van der Waals surface area contributed by atoms with E-state index in [0.29, 0.717) is 33.5 Å². The van der Waals surface area contributed by atoms with Crippen LogP contribution in [0, 0.1) is 0 Å². The summed E-state index contributed by atoms with van der Waals surface area (Å²) in [6, 6.07) is 7.24. The molecule has 1 aliphatic heterocycles. The SMILES string of the molecule is COc1cc(OC)c(OC)cc1/C=C1/SC(=S)N(NC(=O)Nc2ccc(Cl)c(Cl)c2)C1=O. The first-order chi connectivity index (χ1) is 15.3. The van der Waals surface area contributed by atoms with Crippen LogP contribution in [0.25, 0.3) is 6.08 Å². The summed E-state index contributed by atoms with van der Waals surface area (Å²) in [5, 5.41) is 4.17. The maximum Gasteiger partial charge on any atom is 0.338 e. The fourth-order valence-electron chi connectivity index (χ4n) is 2.71. The van der Waals surface area contributed by atoms with E-state index < -0.39 is 11.9 Å². The molecule has 0 unspecified atom stereocenters. The van der Waals surface area contributed by atoms with Crippen molar-refractivity contribution in [2.75, 3.05) is 26.6 Å². The Balaban J connectivity index is 1.79. The largest absolute Gasteiger partial charge is 0.496 e. The Bertz CT molecular complexity index is 1130. The molecule has 168 valence electrons. The molecule has 0 aliphatic carbocycles. The zero-order chi connectivity index (χ0) is 23.4. The van der Waals surface area contributed by atoms with Crippen LogP contribution in [0.1, 0.15) is 5.56 Å². The van der Waals surface area contributed by atoms with Gasteiger partial charge in [0.25, 0.3) is 5.91 Å². The molecule has 0 bridgehead atoms. The Morgan fingerprint density at radius 3 is 2.31 bits per heavy atom. The van der Waals surface area contributed by atoms with E-state index >= 15 is 0 Å². The average Bonchev–Trinajstić information content (AvgIpc) is 3.03. The van der Waals surface area contributed by atoms with Gasteiger partial charge in [-0.3, -0.25) is 4.79 Å². The van der Waals surface area contributed by atoms with Gasteiger partial charge < -0.3 is 19.5 Å². The minimum Gasteiger partial charge on any atom is -0.496 e. The van der Waals surface area contributed by atoms with Gasteiger partial charge >= 0.3 is 6.03 Å². The van der Waals surface area contributed by atoms with Crippen molar-refractivity contribution < 1.29 is 23.8 Å². The van der Waals surface area contributed by atoms with Crippen LogP contribution in [0.2, 0.25) is 10.0 Å². The fraction of sp³-hybridized carbons (Fsp3) is 0.150. The van der Waals surface area contributed by atoms with Crippen LogP contribution in [0.15, 0.2) is 35.2 Å². The molecule has 0 spiro atoms. The molecule has 0 atom stereocenters. The van der Waals surface area contributed by atoms with Crippen LogP contribution in [0.3, 0.4) is 0 Å². The second kappa shape index (κ2) is 10.3. The molecule has 12 heteroatoms. The average molecular weight is 514 g/mol. The molecule has 2 aromatic carbocycles. The number of hydrogen-bond acceptors (Lipinski definition) is 7. The zero-order valence-electron chi connectivity index (χ0n) is 17.0. The lowest BCUT2D eigenvalue weighted by Gasteiger charge is -2.16. The van der Waals surface area contributed by atoms with Gasteiger partial charge in [-0.05, 0) is 42.6 Å². The normalized spacial score (nSPS) is 14.5. The number of amides is 3. The van der Waals surface area contributed by atoms with Crippen molar-refractivity contribution >= 4 is 75.2 Å². The van der Waals surface area contributed by atoms with E-state index in [1.165, 1.54) is 27.4 Å². The highest BCUT2D eigenvalue weighted by Gasteiger charge is 2.34. The summed E-state index contributed by atoms with van der Waals surface area (Å²) in [7, 11) is 4.51. The first-order valence-corrected chi connectivity index (χ1v) is 10.9. The van der Waals surface area contributed by atoms with E-state index in [-0.39, 0.29) is 14.2 Å². The minimum atomic E-state index is -0.676. The van der Waals surface area contributed by atoms with Gasteiger partial charge in [-0.2, -0.15) is 5.01 Å². The number of hydrogen-bond donors (Lipinski definition) is 2. The van der Waals surface area contributed by atoms with Crippen LogP contribution >= 0.6 is 47.2 Å². The molecule has 1 heterocycles. The van der Waals surface area contributed by atoms with E-state index in [9.17, 15) is 9.59 Å². The Labute approximate surface area is 203 Å². The third-order valence-corrected chi connectivity index (χ3v) is 6.25. The lowest BCUT2D eigenvalue weighted by molar-refractivity contribution is -0.123. The van der Waals surface area contributed by atoms with Gasteiger partial charge in [0.05, 0.1) is 36.3 Å². The Hall–Kier alpha value is -2.66. The molecule has 0 saturated carbocycles. The maximum atomic E-state index is 12.9. The number of halogens is 2. The number of urea groups is 1. The molecule has 8 nitrogen and oxygen atoms in total. The predicted molar refractivity (Wildman–Crippen MR) is 130 cm³/mol. The highest BCUT2D eigenvalue weighted by molar-refractivity contribution is 8.26. The number of methoxy groups -OCH3 is 3. The lowest BCUT2D eigenvalue weighted by Crippen LogP contribution is -2.46. The number of ether oxygens (including phenoxy) is 3. The number of thiocarbonyl (C=S) groups is 1. The Morgan fingerprint density at radius 1 is 1.03 bits per heavy atom. The molecular formula is C20H17Cl2N3O5S2. The van der Waals surface area contributed by atoms with Crippen LogP contribution in [0.5, 0.6) is 17.2 Å². The van der Waals surface area contributed by atoms with Gasteiger partial charge in [0.15, 0.2) is 15.8 Å². The fourth-order valence-corrected chi connectivity index (χ4v) is 4.17. The molecule has 3 rings (SSSR count). The molecule has 1 saturated heterocycles. The second-order valence-electron chi connectivity index (χ2n) is 6.16. The summed E-state index contributed by atoms with van der Waals surface area (Å²) in [5.41, 5.74) is 3.40. The van der Waals surface area contributed by atoms with Gasteiger partial charge in [-0.25, -0.2) is 10.2 Å². The van der Waals surface area contributed by atoms with E-state index in [4.69, 9.17) is 49.6 Å². The van der Waals surface area contributed by atoms with Gasteiger partial charge in [0, 0.05) is 17.3 Å². The van der Waals surface area contributed by atoms with Crippen LogP contribution in [0.4, 0.5) is 10.5 Å². The number of hydrazine groups is 1. The molecule has 1 fully saturated rings. The van der Waals surface area contributed by atoms with Crippen molar-refractivity contribution in [2.45, 2.75) is 0 Å². The topological polar surface area (TPSA) is 89.1 Å². The number of carbonyl (C=O) groups is 2. The minimum absolute atomic E-state index is 0.157. The number of benzene rings is 2. The summed E-state index contributed by atoms with van der Waals surface area (Å²) in [4.78, 5) is 25.5. The molecule has 0 radical (unpaired) electrons. The van der Waals surface area contributed by atoms with Gasteiger partial charge in [-0.1, -0.05) is 35.0 Å². The number of rotatable bonds is 6. The quantitative estimate of drug-likeness (QED) is 0.416. The van der Waals surface area contributed by atoms with Crippen molar-refractivity contribution in [3.63, 3.8) is 0 Å².